The first-order chi connectivity index (χ1) is 17.6. The highest BCUT2D eigenvalue weighted by Gasteiger charge is 2.54. The molecule has 5 rings (SSSR count). The average molecular weight is 481 g/mol. The van der Waals surface area contributed by atoms with Crippen LogP contribution in [0.15, 0.2) is 78.9 Å². The second-order valence-electron chi connectivity index (χ2n) is 9.18. The molecule has 0 bridgehead atoms. The average Bonchev–Trinajstić information content (AvgIpc) is 2.90. The minimum atomic E-state index is -0.275. The van der Waals surface area contributed by atoms with E-state index in [4.69, 9.17) is 4.74 Å². The van der Waals surface area contributed by atoms with Gasteiger partial charge in [-0.2, -0.15) is 0 Å². The number of aliphatic hydroxyl groups is 1. The number of methoxy groups -OCH3 is 1. The molecule has 2 heterocycles. The minimum absolute atomic E-state index is 0.0355. The van der Waals surface area contributed by atoms with E-state index in [0.717, 1.165) is 28.0 Å². The number of fused-ring (bicyclic) bond motifs is 1. The first kappa shape index (κ1) is 23.7. The maximum atomic E-state index is 12.9. The summed E-state index contributed by atoms with van der Waals surface area (Å²) in [4.78, 5) is 29.2. The van der Waals surface area contributed by atoms with E-state index in [1.54, 1.807) is 16.9 Å². The van der Waals surface area contributed by atoms with E-state index in [9.17, 15) is 14.7 Å². The molecule has 182 valence electrons. The summed E-state index contributed by atoms with van der Waals surface area (Å²) in [5, 5.41) is 10.0. The highest BCUT2D eigenvalue weighted by atomic mass is 16.5. The van der Waals surface area contributed by atoms with Crippen molar-refractivity contribution < 1.29 is 19.4 Å². The van der Waals surface area contributed by atoms with Gasteiger partial charge in [-0.25, -0.2) is 0 Å². The molecule has 2 aliphatic heterocycles. The maximum absolute atomic E-state index is 12.9. The van der Waals surface area contributed by atoms with Crippen LogP contribution in [0.5, 0.6) is 5.75 Å². The van der Waals surface area contributed by atoms with Crippen LogP contribution >= 0.6 is 0 Å². The Labute approximate surface area is 211 Å². The van der Waals surface area contributed by atoms with Gasteiger partial charge in [-0.1, -0.05) is 60.4 Å². The number of benzene rings is 3. The van der Waals surface area contributed by atoms with Crippen LogP contribution in [0, 0.1) is 11.8 Å². The van der Waals surface area contributed by atoms with Gasteiger partial charge in [0.1, 0.15) is 5.75 Å². The molecule has 6 heteroatoms. The van der Waals surface area contributed by atoms with Gasteiger partial charge < -0.3 is 19.6 Å². The van der Waals surface area contributed by atoms with Crippen molar-refractivity contribution in [1.29, 1.82) is 0 Å². The number of carbonyl (C=O) groups excluding carboxylic acids is 2. The summed E-state index contributed by atoms with van der Waals surface area (Å²) in [6.45, 7) is 0.419. The zero-order valence-electron chi connectivity index (χ0n) is 20.1. The molecular formula is C30H28N2O4. The molecule has 0 aliphatic carbocycles. The molecule has 3 aromatic rings. The second kappa shape index (κ2) is 10.3. The number of ether oxygens (including phenoxy) is 1. The summed E-state index contributed by atoms with van der Waals surface area (Å²) < 4.78 is 5.25. The zero-order chi connectivity index (χ0) is 25.1. The van der Waals surface area contributed by atoms with E-state index in [-0.39, 0.29) is 49.4 Å². The highest BCUT2D eigenvalue weighted by Crippen LogP contribution is 2.43. The number of piperazine rings is 1. The first-order valence-electron chi connectivity index (χ1n) is 12.1. The Hall–Kier alpha value is -4.08. The number of amides is 2. The lowest BCUT2D eigenvalue weighted by atomic mass is 9.73. The molecule has 36 heavy (non-hydrogen) atoms. The van der Waals surface area contributed by atoms with Crippen LogP contribution < -0.4 is 4.74 Å². The summed E-state index contributed by atoms with van der Waals surface area (Å²) in [5.41, 5.74) is 3.71. The van der Waals surface area contributed by atoms with E-state index in [0.29, 0.717) is 6.54 Å². The number of rotatable bonds is 5. The molecule has 6 nitrogen and oxygen atoms in total. The van der Waals surface area contributed by atoms with E-state index in [2.05, 4.69) is 11.8 Å². The van der Waals surface area contributed by atoms with Gasteiger partial charge in [-0.05, 0) is 41.5 Å². The van der Waals surface area contributed by atoms with Gasteiger partial charge in [0.15, 0.2) is 0 Å². The number of hydrogen-bond acceptors (Lipinski definition) is 4. The fourth-order valence-electron chi connectivity index (χ4n) is 5.21. The van der Waals surface area contributed by atoms with Crippen molar-refractivity contribution in [3.63, 3.8) is 0 Å². The van der Waals surface area contributed by atoms with Crippen molar-refractivity contribution in [2.45, 2.75) is 24.4 Å². The molecule has 2 fully saturated rings. The predicted molar refractivity (Wildman–Crippen MR) is 136 cm³/mol. The molecule has 3 aromatic carbocycles. The van der Waals surface area contributed by atoms with Crippen molar-refractivity contribution in [2.75, 3.05) is 26.8 Å². The van der Waals surface area contributed by atoms with E-state index >= 15 is 0 Å². The van der Waals surface area contributed by atoms with Crippen LogP contribution in [0.1, 0.15) is 28.2 Å². The maximum Gasteiger partial charge on any atom is 0.242 e. The van der Waals surface area contributed by atoms with Crippen LogP contribution in [0.2, 0.25) is 0 Å². The van der Waals surface area contributed by atoms with Crippen molar-refractivity contribution in [2.24, 2.45) is 0 Å². The molecule has 0 unspecified atom stereocenters. The Morgan fingerprint density at radius 1 is 1.00 bits per heavy atom. The molecule has 2 aliphatic rings. The van der Waals surface area contributed by atoms with Crippen molar-refractivity contribution in [1.82, 2.24) is 9.80 Å². The van der Waals surface area contributed by atoms with Gasteiger partial charge in [0.2, 0.25) is 11.8 Å². The van der Waals surface area contributed by atoms with Gasteiger partial charge in [-0.15, -0.1) is 0 Å². The Bertz CT molecular complexity index is 1310. The van der Waals surface area contributed by atoms with Crippen LogP contribution in [-0.2, 0) is 16.0 Å². The van der Waals surface area contributed by atoms with E-state index in [1.807, 2.05) is 78.9 Å². The molecule has 2 amide bonds. The molecule has 0 aromatic heterocycles. The van der Waals surface area contributed by atoms with Crippen LogP contribution in [0.3, 0.4) is 0 Å². The number of aliphatic hydroxyl groups excluding tert-OH is 1. The molecular weight excluding hydrogens is 452 g/mol. The van der Waals surface area contributed by atoms with Crippen molar-refractivity contribution >= 4 is 11.8 Å². The van der Waals surface area contributed by atoms with Crippen molar-refractivity contribution in [3.8, 4) is 17.6 Å². The van der Waals surface area contributed by atoms with Crippen molar-refractivity contribution in [3.05, 3.63) is 101 Å². The quantitative estimate of drug-likeness (QED) is 0.571. The lowest BCUT2D eigenvalue weighted by Gasteiger charge is -2.58. The van der Waals surface area contributed by atoms with E-state index in [1.165, 1.54) is 0 Å². The van der Waals surface area contributed by atoms with Crippen LogP contribution in [0.25, 0.3) is 0 Å². The third-order valence-corrected chi connectivity index (χ3v) is 7.02. The monoisotopic (exact) mass is 480 g/mol. The standard InChI is InChI=1S/C30H28N2O4/c1-36-25-9-5-8-23(16-25)11-10-21-12-14-24(15-13-21)30-26-18-31(19-29(35)32(26)27(30)20-33)28(34)17-22-6-3-2-4-7-22/h2-9,12-16,26-27,30,33H,17-20H2,1H3/t26-,27-,30-/m1/s1. The summed E-state index contributed by atoms with van der Waals surface area (Å²) in [5.74, 6) is 6.90. The Morgan fingerprint density at radius 2 is 1.75 bits per heavy atom. The lowest BCUT2D eigenvalue weighted by Crippen LogP contribution is -2.73. The molecule has 0 saturated carbocycles. The fourth-order valence-corrected chi connectivity index (χ4v) is 5.21. The summed E-state index contributed by atoms with van der Waals surface area (Å²) in [6.07, 6.45) is 0.273. The molecule has 3 atom stereocenters. The predicted octanol–water partition coefficient (Wildman–Crippen LogP) is 2.84. The second-order valence-corrected chi connectivity index (χ2v) is 9.18. The summed E-state index contributed by atoms with van der Waals surface area (Å²) in [7, 11) is 1.63. The van der Waals surface area contributed by atoms with Gasteiger partial charge in [0.05, 0.1) is 38.8 Å². The van der Waals surface area contributed by atoms with Gasteiger partial charge in [0.25, 0.3) is 0 Å². The Balaban J connectivity index is 1.30. The SMILES string of the molecule is COc1cccc(C#Cc2ccc([C@H]3[C@@H](CO)N4C(=O)CN(C(=O)Cc5ccccc5)C[C@H]34)cc2)c1. The molecule has 1 N–H and O–H groups in total. The van der Waals surface area contributed by atoms with E-state index < -0.39 is 0 Å². The summed E-state index contributed by atoms with van der Waals surface area (Å²) >= 11 is 0. The Morgan fingerprint density at radius 3 is 2.47 bits per heavy atom. The van der Waals surface area contributed by atoms with Gasteiger partial charge >= 0.3 is 0 Å². The highest BCUT2D eigenvalue weighted by molar-refractivity contribution is 5.88. The molecule has 0 spiro atoms. The number of hydrogen-bond donors (Lipinski definition) is 1. The van der Waals surface area contributed by atoms with Gasteiger partial charge in [0, 0.05) is 23.6 Å². The normalized spacial score (nSPS) is 20.6. The lowest BCUT2D eigenvalue weighted by molar-refractivity contribution is -0.166. The molecule has 2 saturated heterocycles. The fraction of sp³-hybridized carbons (Fsp3) is 0.267. The van der Waals surface area contributed by atoms with Crippen LogP contribution in [0.4, 0.5) is 0 Å². The van der Waals surface area contributed by atoms with Gasteiger partial charge in [-0.3, -0.25) is 9.59 Å². The number of carbonyl (C=O) groups is 2. The molecule has 0 radical (unpaired) electrons. The summed E-state index contributed by atoms with van der Waals surface area (Å²) in [6, 6.07) is 24.7. The third-order valence-electron chi connectivity index (χ3n) is 7.02. The Kier molecular flexibility index (Phi) is 6.75. The van der Waals surface area contributed by atoms with Crippen LogP contribution in [-0.4, -0.2) is 65.6 Å². The largest absolute Gasteiger partial charge is 0.497 e. The smallest absolute Gasteiger partial charge is 0.242 e. The topological polar surface area (TPSA) is 70.1 Å². The third kappa shape index (κ3) is 4.71. The minimum Gasteiger partial charge on any atom is -0.497 e. The zero-order valence-corrected chi connectivity index (χ0v) is 20.1. The number of nitrogens with zero attached hydrogens (tertiary/aromatic N) is 2. The first-order valence-corrected chi connectivity index (χ1v) is 12.1.